The minimum Gasteiger partial charge on any atom is -0.480 e. The predicted molar refractivity (Wildman–Crippen MR) is 80.3 cm³/mol. The van der Waals surface area contributed by atoms with E-state index in [1.54, 1.807) is 31.0 Å². The van der Waals surface area contributed by atoms with Crippen LogP contribution in [-0.2, 0) is 23.9 Å². The van der Waals surface area contributed by atoms with E-state index in [9.17, 15) is 14.3 Å². The minimum atomic E-state index is -1.23. The highest BCUT2D eigenvalue weighted by molar-refractivity contribution is 5.82. The Balaban J connectivity index is 1.60. The number of aryl methyl sites for hydroxylation is 1. The summed E-state index contributed by atoms with van der Waals surface area (Å²) < 4.78 is 20.3. The van der Waals surface area contributed by atoms with Crippen LogP contribution in [0.3, 0.4) is 0 Å². The number of carbonyl (C=O) groups excluding carboxylic acids is 1. The van der Waals surface area contributed by atoms with Gasteiger partial charge in [-0.25, -0.2) is 4.39 Å². The molecule has 0 saturated heterocycles. The first-order valence-electron chi connectivity index (χ1n) is 7.29. The van der Waals surface area contributed by atoms with Gasteiger partial charge >= 0.3 is 0 Å². The molecule has 23 heavy (non-hydrogen) atoms. The summed E-state index contributed by atoms with van der Waals surface area (Å²) in [5.74, 6) is -0.177. The van der Waals surface area contributed by atoms with E-state index < -0.39 is 11.7 Å². The highest BCUT2D eigenvalue weighted by Crippen LogP contribution is 2.29. The first-order valence-corrected chi connectivity index (χ1v) is 7.29. The van der Waals surface area contributed by atoms with Crippen molar-refractivity contribution >= 4 is 5.91 Å². The fraction of sp³-hybridized carbons (Fsp3) is 0.375. The number of aliphatic hydroxyl groups is 1. The van der Waals surface area contributed by atoms with Crippen LogP contribution < -0.4 is 10.1 Å². The Morgan fingerprint density at radius 1 is 1.61 bits per heavy atom. The zero-order chi connectivity index (χ0) is 16.6. The van der Waals surface area contributed by atoms with Crippen LogP contribution in [-0.4, -0.2) is 33.4 Å². The molecule has 2 aromatic rings. The molecule has 0 fully saturated rings. The first-order chi connectivity index (χ1) is 10.8. The van der Waals surface area contributed by atoms with Crippen molar-refractivity contribution in [3.05, 3.63) is 47.5 Å². The molecule has 3 rings (SSSR count). The van der Waals surface area contributed by atoms with Crippen LogP contribution in [0, 0.1) is 5.82 Å². The molecule has 7 heteroatoms. The number of amides is 1. The fourth-order valence-corrected chi connectivity index (χ4v) is 2.54. The van der Waals surface area contributed by atoms with E-state index >= 15 is 0 Å². The maximum atomic E-state index is 13.2. The molecule has 2 heterocycles. The van der Waals surface area contributed by atoms with Crippen molar-refractivity contribution in [3.63, 3.8) is 0 Å². The third-order valence-corrected chi connectivity index (χ3v) is 3.92. The number of nitrogens with zero attached hydrogens (tertiary/aromatic N) is 2. The van der Waals surface area contributed by atoms with E-state index in [4.69, 9.17) is 4.74 Å². The number of hydrogen-bond acceptors (Lipinski definition) is 4. The molecule has 2 unspecified atom stereocenters. The second-order valence-corrected chi connectivity index (χ2v) is 5.96. The van der Waals surface area contributed by atoms with E-state index in [1.807, 2.05) is 0 Å². The van der Waals surface area contributed by atoms with Gasteiger partial charge in [0.05, 0.1) is 12.7 Å². The minimum absolute atomic E-state index is 0.0299. The molecule has 0 saturated carbocycles. The van der Waals surface area contributed by atoms with Gasteiger partial charge < -0.3 is 15.2 Å². The smallest absolute Gasteiger partial charge is 0.261 e. The summed E-state index contributed by atoms with van der Waals surface area (Å²) in [6, 6.07) is 4.18. The topological polar surface area (TPSA) is 76.4 Å². The molecular formula is C16H18FN3O3. The first kappa shape index (κ1) is 15.5. The van der Waals surface area contributed by atoms with E-state index in [0.717, 1.165) is 0 Å². The Hall–Kier alpha value is -2.41. The van der Waals surface area contributed by atoms with Gasteiger partial charge in [-0.05, 0) is 25.1 Å². The van der Waals surface area contributed by atoms with Crippen LogP contribution in [0.25, 0.3) is 0 Å². The van der Waals surface area contributed by atoms with Crippen molar-refractivity contribution in [1.29, 1.82) is 0 Å². The number of hydrogen-bond donors (Lipinski definition) is 2. The number of carbonyl (C=O) groups is 1. The standard InChI is InChI=1S/C16H18FN3O3/c1-16(22,11-7-19-20(2)8-11)9-18-15(21)14-6-10-5-12(17)3-4-13(10)23-14/h3-5,7-8,14,22H,6,9H2,1-2H3,(H,18,21). The molecule has 2 N–H and O–H groups in total. The monoisotopic (exact) mass is 319 g/mol. The average Bonchev–Trinajstić information content (AvgIpc) is 3.11. The van der Waals surface area contributed by atoms with Gasteiger partial charge in [-0.15, -0.1) is 0 Å². The summed E-state index contributed by atoms with van der Waals surface area (Å²) in [6.07, 6.45) is 2.85. The normalized spacial score (nSPS) is 18.9. The largest absolute Gasteiger partial charge is 0.480 e. The molecule has 1 amide bonds. The Kier molecular flexibility index (Phi) is 3.81. The van der Waals surface area contributed by atoms with Gasteiger partial charge in [0.25, 0.3) is 5.91 Å². The molecule has 6 nitrogen and oxygen atoms in total. The second-order valence-electron chi connectivity index (χ2n) is 5.96. The number of benzene rings is 1. The summed E-state index contributed by atoms with van der Waals surface area (Å²) in [5.41, 5.74) is 0.0451. The van der Waals surface area contributed by atoms with Crippen LogP contribution in [0.2, 0.25) is 0 Å². The Bertz CT molecular complexity index is 742. The highest BCUT2D eigenvalue weighted by atomic mass is 19.1. The van der Waals surface area contributed by atoms with Gasteiger partial charge in [0.2, 0.25) is 0 Å². The van der Waals surface area contributed by atoms with Crippen molar-refractivity contribution in [2.45, 2.75) is 25.0 Å². The lowest BCUT2D eigenvalue weighted by Crippen LogP contribution is -2.44. The quantitative estimate of drug-likeness (QED) is 0.877. The number of aromatic nitrogens is 2. The van der Waals surface area contributed by atoms with Gasteiger partial charge in [-0.1, -0.05) is 0 Å². The summed E-state index contributed by atoms with van der Waals surface area (Å²) in [5, 5.41) is 17.1. The molecule has 0 aliphatic carbocycles. The summed E-state index contributed by atoms with van der Waals surface area (Å²) >= 11 is 0. The maximum Gasteiger partial charge on any atom is 0.261 e. The lowest BCUT2D eigenvalue weighted by molar-refractivity contribution is -0.128. The van der Waals surface area contributed by atoms with Gasteiger partial charge in [0, 0.05) is 30.8 Å². The van der Waals surface area contributed by atoms with Crippen LogP contribution in [0.4, 0.5) is 4.39 Å². The number of ether oxygens (including phenoxy) is 1. The number of nitrogens with one attached hydrogen (secondary N) is 1. The molecule has 0 radical (unpaired) electrons. The summed E-state index contributed by atoms with van der Waals surface area (Å²) in [4.78, 5) is 12.2. The number of fused-ring (bicyclic) bond motifs is 1. The van der Waals surface area contributed by atoms with Crippen LogP contribution in [0.15, 0.2) is 30.6 Å². The van der Waals surface area contributed by atoms with Gasteiger partial charge in [0.15, 0.2) is 6.10 Å². The van der Waals surface area contributed by atoms with E-state index in [1.165, 1.54) is 18.2 Å². The molecule has 0 spiro atoms. The van der Waals surface area contributed by atoms with Crippen molar-refractivity contribution in [3.8, 4) is 5.75 Å². The lowest BCUT2D eigenvalue weighted by Gasteiger charge is -2.23. The molecule has 122 valence electrons. The third-order valence-electron chi connectivity index (χ3n) is 3.92. The Morgan fingerprint density at radius 2 is 2.39 bits per heavy atom. The van der Waals surface area contributed by atoms with Crippen molar-refractivity contribution in [2.24, 2.45) is 7.05 Å². The average molecular weight is 319 g/mol. The van der Waals surface area contributed by atoms with Gasteiger partial charge in [0.1, 0.15) is 17.2 Å². The lowest BCUT2D eigenvalue weighted by atomic mass is 9.99. The van der Waals surface area contributed by atoms with Gasteiger partial charge in [-0.3, -0.25) is 9.48 Å². The molecule has 1 aliphatic heterocycles. The number of rotatable bonds is 4. The highest BCUT2D eigenvalue weighted by Gasteiger charge is 2.32. The maximum absolute atomic E-state index is 13.2. The second kappa shape index (κ2) is 5.66. The summed E-state index contributed by atoms with van der Waals surface area (Å²) in [7, 11) is 1.75. The van der Waals surface area contributed by atoms with E-state index in [0.29, 0.717) is 23.3 Å². The molecule has 1 aromatic heterocycles. The van der Waals surface area contributed by atoms with Crippen molar-refractivity contribution < 1.29 is 19.0 Å². The van der Waals surface area contributed by atoms with Crippen LogP contribution in [0.1, 0.15) is 18.1 Å². The van der Waals surface area contributed by atoms with E-state index in [-0.39, 0.29) is 18.3 Å². The van der Waals surface area contributed by atoms with Crippen molar-refractivity contribution in [1.82, 2.24) is 15.1 Å². The summed E-state index contributed by atoms with van der Waals surface area (Å²) in [6.45, 7) is 1.63. The Morgan fingerprint density at radius 3 is 3.09 bits per heavy atom. The Labute approximate surface area is 132 Å². The fourth-order valence-electron chi connectivity index (χ4n) is 2.54. The third kappa shape index (κ3) is 3.19. The van der Waals surface area contributed by atoms with Crippen LogP contribution in [0.5, 0.6) is 5.75 Å². The van der Waals surface area contributed by atoms with Gasteiger partial charge in [-0.2, -0.15) is 5.10 Å². The SMILES string of the molecule is Cn1cc(C(C)(O)CNC(=O)C2Cc3cc(F)ccc3O2)cn1. The predicted octanol–water partition coefficient (Wildman–Crippen LogP) is 0.887. The van der Waals surface area contributed by atoms with Crippen molar-refractivity contribution in [2.75, 3.05) is 6.54 Å². The van der Waals surface area contributed by atoms with E-state index in [2.05, 4.69) is 10.4 Å². The molecule has 1 aliphatic rings. The van der Waals surface area contributed by atoms with Crippen LogP contribution >= 0.6 is 0 Å². The molecule has 0 bridgehead atoms. The molecule has 1 aromatic carbocycles. The number of halogens is 1. The molecular weight excluding hydrogens is 301 g/mol. The zero-order valence-corrected chi connectivity index (χ0v) is 12.9. The molecule has 2 atom stereocenters. The zero-order valence-electron chi connectivity index (χ0n) is 12.9.